The van der Waals surface area contributed by atoms with Gasteiger partial charge in [-0.1, -0.05) is 27.5 Å². The molecule has 0 fully saturated rings. The molecule has 0 saturated carbocycles. The summed E-state index contributed by atoms with van der Waals surface area (Å²) in [6, 6.07) is 5.22. The lowest BCUT2D eigenvalue weighted by atomic mass is 10.2. The lowest BCUT2D eigenvalue weighted by Gasteiger charge is -2.17. The van der Waals surface area contributed by atoms with Crippen molar-refractivity contribution in [1.29, 1.82) is 0 Å². The average Bonchev–Trinajstić information content (AvgIpc) is 2.84. The van der Waals surface area contributed by atoms with Gasteiger partial charge in [0, 0.05) is 29.8 Å². The molecule has 0 radical (unpaired) electrons. The minimum atomic E-state index is -0.123. The molecule has 0 aliphatic heterocycles. The van der Waals surface area contributed by atoms with Gasteiger partial charge in [0.05, 0.1) is 16.8 Å². The normalized spacial score (nSPS) is 10.4. The topological polar surface area (TPSA) is 49.0 Å². The highest BCUT2D eigenvalue weighted by Crippen LogP contribution is 2.22. The molecule has 2 rings (SSSR count). The van der Waals surface area contributed by atoms with Crippen molar-refractivity contribution >= 4 is 33.4 Å². The van der Waals surface area contributed by atoms with E-state index in [1.54, 1.807) is 42.5 Å². The summed E-state index contributed by atoms with van der Waals surface area (Å²) in [6.45, 7) is 0.484. The number of carbonyl (C=O) groups is 1. The van der Waals surface area contributed by atoms with Crippen LogP contribution in [0.2, 0.25) is 5.02 Å². The number of hydrogen-bond acceptors (Lipinski definition) is 2. The number of benzene rings is 1. The van der Waals surface area contributed by atoms with Gasteiger partial charge in [-0.15, -0.1) is 0 Å². The Labute approximate surface area is 118 Å². The van der Waals surface area contributed by atoms with E-state index < -0.39 is 0 Å². The van der Waals surface area contributed by atoms with Crippen molar-refractivity contribution in [3.63, 3.8) is 0 Å². The predicted molar refractivity (Wildman–Crippen MR) is 73.5 cm³/mol. The van der Waals surface area contributed by atoms with Gasteiger partial charge in [-0.25, -0.2) is 0 Å². The molecule has 0 saturated heterocycles. The predicted octanol–water partition coefficient (Wildman–Crippen LogP) is 3.10. The molecule has 1 heterocycles. The number of nitrogens with one attached hydrogen (secondary N) is 1. The van der Waals surface area contributed by atoms with E-state index in [1.807, 2.05) is 0 Å². The van der Waals surface area contributed by atoms with Gasteiger partial charge in [-0.2, -0.15) is 5.10 Å². The monoisotopic (exact) mass is 327 g/mol. The third kappa shape index (κ3) is 2.91. The Morgan fingerprint density at radius 2 is 2.33 bits per heavy atom. The smallest absolute Gasteiger partial charge is 0.255 e. The Kier molecular flexibility index (Phi) is 4.04. The number of carbonyl (C=O) groups excluding carboxylic acids is 1. The second kappa shape index (κ2) is 5.54. The van der Waals surface area contributed by atoms with Crippen molar-refractivity contribution in [2.24, 2.45) is 0 Å². The first-order valence-electron chi connectivity index (χ1n) is 5.26. The van der Waals surface area contributed by atoms with Crippen LogP contribution in [0.15, 0.2) is 35.1 Å². The van der Waals surface area contributed by atoms with Crippen molar-refractivity contribution in [3.8, 4) is 0 Å². The molecule has 94 valence electrons. The van der Waals surface area contributed by atoms with Gasteiger partial charge in [0.15, 0.2) is 0 Å². The van der Waals surface area contributed by atoms with Crippen LogP contribution in [0, 0.1) is 0 Å². The van der Waals surface area contributed by atoms with Crippen LogP contribution in [0.25, 0.3) is 0 Å². The second-order valence-electron chi connectivity index (χ2n) is 3.89. The fourth-order valence-corrected chi connectivity index (χ4v) is 2.14. The molecule has 2 aromatic rings. The first kappa shape index (κ1) is 13.1. The lowest BCUT2D eigenvalue weighted by molar-refractivity contribution is 0.0785. The van der Waals surface area contributed by atoms with E-state index in [2.05, 4.69) is 26.1 Å². The van der Waals surface area contributed by atoms with Crippen LogP contribution in [0.1, 0.15) is 15.9 Å². The molecular formula is C12H11BrClN3O. The molecule has 1 amide bonds. The van der Waals surface area contributed by atoms with Gasteiger partial charge in [0.25, 0.3) is 5.91 Å². The largest absolute Gasteiger partial charge is 0.337 e. The molecule has 4 nitrogen and oxygen atoms in total. The van der Waals surface area contributed by atoms with E-state index >= 15 is 0 Å². The molecule has 18 heavy (non-hydrogen) atoms. The van der Waals surface area contributed by atoms with Crippen LogP contribution in [-0.4, -0.2) is 28.1 Å². The summed E-state index contributed by atoms with van der Waals surface area (Å²) in [4.78, 5) is 13.8. The van der Waals surface area contributed by atoms with Gasteiger partial charge in [0.2, 0.25) is 0 Å². The highest BCUT2D eigenvalue weighted by atomic mass is 79.9. The Balaban J connectivity index is 2.17. The first-order valence-corrected chi connectivity index (χ1v) is 6.43. The number of rotatable bonds is 3. The van der Waals surface area contributed by atoms with E-state index in [9.17, 15) is 4.79 Å². The van der Waals surface area contributed by atoms with Gasteiger partial charge >= 0.3 is 0 Å². The standard InChI is InChI=1S/C12H11BrClN3O/c1-17(7-8-5-15-16-6-8)12(18)10-4-9(13)2-3-11(10)14/h2-6H,7H2,1H3,(H,15,16). The lowest BCUT2D eigenvalue weighted by Crippen LogP contribution is -2.26. The maximum Gasteiger partial charge on any atom is 0.255 e. The van der Waals surface area contributed by atoms with Gasteiger partial charge in [-0.05, 0) is 18.2 Å². The zero-order chi connectivity index (χ0) is 13.1. The van der Waals surface area contributed by atoms with Crippen molar-refractivity contribution in [1.82, 2.24) is 15.1 Å². The highest BCUT2D eigenvalue weighted by molar-refractivity contribution is 9.10. The van der Waals surface area contributed by atoms with Crippen LogP contribution >= 0.6 is 27.5 Å². The van der Waals surface area contributed by atoms with Crippen LogP contribution in [0.3, 0.4) is 0 Å². The van der Waals surface area contributed by atoms with Crippen LogP contribution < -0.4 is 0 Å². The van der Waals surface area contributed by atoms with Gasteiger partial charge in [-0.3, -0.25) is 9.89 Å². The zero-order valence-electron chi connectivity index (χ0n) is 9.65. The van der Waals surface area contributed by atoms with Gasteiger partial charge in [0.1, 0.15) is 0 Å². The molecule has 0 atom stereocenters. The van der Waals surface area contributed by atoms with E-state index in [1.165, 1.54) is 0 Å². The molecule has 0 aliphatic rings. The summed E-state index contributed by atoms with van der Waals surface area (Å²) in [5.74, 6) is -0.123. The fraction of sp³-hybridized carbons (Fsp3) is 0.167. The molecule has 6 heteroatoms. The number of aromatic amines is 1. The molecule has 1 N–H and O–H groups in total. The first-order chi connectivity index (χ1) is 8.58. The molecular weight excluding hydrogens is 318 g/mol. The fourth-order valence-electron chi connectivity index (χ4n) is 1.58. The number of aromatic nitrogens is 2. The van der Waals surface area contributed by atoms with E-state index in [0.717, 1.165) is 10.0 Å². The van der Waals surface area contributed by atoms with E-state index in [0.29, 0.717) is 17.1 Å². The quantitative estimate of drug-likeness (QED) is 0.941. The maximum atomic E-state index is 12.2. The molecule has 1 aromatic carbocycles. The van der Waals surface area contributed by atoms with Crippen molar-refractivity contribution in [2.75, 3.05) is 7.05 Å². The number of amides is 1. The third-order valence-corrected chi connectivity index (χ3v) is 3.30. The van der Waals surface area contributed by atoms with Crippen LogP contribution in [0.5, 0.6) is 0 Å². The van der Waals surface area contributed by atoms with E-state index in [4.69, 9.17) is 11.6 Å². The summed E-state index contributed by atoms with van der Waals surface area (Å²) in [5.41, 5.74) is 1.43. The second-order valence-corrected chi connectivity index (χ2v) is 5.21. The SMILES string of the molecule is CN(Cc1cn[nH]c1)C(=O)c1cc(Br)ccc1Cl. The summed E-state index contributed by atoms with van der Waals surface area (Å²) in [6.07, 6.45) is 3.44. The zero-order valence-corrected chi connectivity index (χ0v) is 12.0. The van der Waals surface area contributed by atoms with Crippen molar-refractivity contribution in [2.45, 2.75) is 6.54 Å². The van der Waals surface area contributed by atoms with Crippen molar-refractivity contribution in [3.05, 3.63) is 51.2 Å². The molecule has 0 spiro atoms. The minimum absolute atomic E-state index is 0.123. The summed E-state index contributed by atoms with van der Waals surface area (Å²) in [5, 5.41) is 7.00. The third-order valence-electron chi connectivity index (χ3n) is 2.48. The number of hydrogen-bond donors (Lipinski definition) is 1. The number of nitrogens with zero attached hydrogens (tertiary/aromatic N) is 2. The van der Waals surface area contributed by atoms with E-state index in [-0.39, 0.29) is 5.91 Å². The molecule has 0 bridgehead atoms. The van der Waals surface area contributed by atoms with Crippen LogP contribution in [0.4, 0.5) is 0 Å². The summed E-state index contributed by atoms with van der Waals surface area (Å²) in [7, 11) is 1.73. The number of H-pyrrole nitrogens is 1. The molecule has 0 unspecified atom stereocenters. The van der Waals surface area contributed by atoms with Crippen LogP contribution in [-0.2, 0) is 6.54 Å². The Hall–Kier alpha value is -1.33. The Bertz CT molecular complexity index is 556. The summed E-state index contributed by atoms with van der Waals surface area (Å²) >= 11 is 9.36. The minimum Gasteiger partial charge on any atom is -0.337 e. The number of halogens is 2. The Morgan fingerprint density at radius 1 is 1.56 bits per heavy atom. The highest BCUT2D eigenvalue weighted by Gasteiger charge is 2.16. The molecule has 1 aromatic heterocycles. The average molecular weight is 329 g/mol. The maximum absolute atomic E-state index is 12.2. The Morgan fingerprint density at radius 3 is 3.00 bits per heavy atom. The summed E-state index contributed by atoms with van der Waals surface area (Å²) < 4.78 is 0.826. The molecule has 0 aliphatic carbocycles. The van der Waals surface area contributed by atoms with Crippen molar-refractivity contribution < 1.29 is 4.79 Å². The van der Waals surface area contributed by atoms with Gasteiger partial charge < -0.3 is 4.90 Å².